The highest BCUT2D eigenvalue weighted by Gasteiger charge is 2.68. The zero-order valence-electron chi connectivity index (χ0n) is 18.6. The minimum absolute atomic E-state index is 0.0352. The summed E-state index contributed by atoms with van der Waals surface area (Å²) < 4.78 is 11.5. The van der Waals surface area contributed by atoms with Gasteiger partial charge in [-0.3, -0.25) is 20.2 Å². The summed E-state index contributed by atoms with van der Waals surface area (Å²) >= 11 is 0. The van der Waals surface area contributed by atoms with Gasteiger partial charge >= 0.3 is 0 Å². The molecule has 29 heavy (non-hydrogen) atoms. The maximum atomic E-state index is 12.8. The first kappa shape index (κ1) is 21.0. The molecule has 0 radical (unpaired) electrons. The van der Waals surface area contributed by atoms with Gasteiger partial charge in [0, 0.05) is 27.3 Å². The van der Waals surface area contributed by atoms with Crippen LogP contribution in [0.3, 0.4) is 0 Å². The minimum atomic E-state index is -0.743. The fraction of sp³-hybridized carbons (Fsp3) is 0.905. The van der Waals surface area contributed by atoms with E-state index in [1.54, 1.807) is 14.2 Å². The summed E-state index contributed by atoms with van der Waals surface area (Å²) in [5.74, 6) is 0.186. The molecule has 4 heterocycles. The molecule has 4 aliphatic heterocycles. The Bertz CT molecular complexity index is 653. The van der Waals surface area contributed by atoms with E-state index in [0.717, 1.165) is 32.4 Å². The molecule has 0 spiro atoms. The molecule has 4 atom stereocenters. The van der Waals surface area contributed by atoms with Crippen molar-refractivity contribution in [3.63, 3.8) is 0 Å². The number of carbonyl (C=O) groups is 2. The Kier molecular flexibility index (Phi) is 4.81. The second-order valence-corrected chi connectivity index (χ2v) is 10.3. The summed E-state index contributed by atoms with van der Waals surface area (Å²) in [5.41, 5.74) is -1.81. The summed E-state index contributed by atoms with van der Waals surface area (Å²) in [6, 6.07) is 0. The van der Waals surface area contributed by atoms with E-state index in [4.69, 9.17) is 9.47 Å². The quantitative estimate of drug-likeness (QED) is 0.457. The average molecular weight is 409 g/mol. The van der Waals surface area contributed by atoms with Crippen molar-refractivity contribution in [3.05, 3.63) is 0 Å². The monoisotopic (exact) mass is 408 g/mol. The molecule has 2 unspecified atom stereocenters. The van der Waals surface area contributed by atoms with Crippen molar-refractivity contribution < 1.29 is 19.1 Å². The summed E-state index contributed by atoms with van der Waals surface area (Å²) in [6.45, 7) is 9.90. The topological polar surface area (TPSA) is 83.1 Å². The van der Waals surface area contributed by atoms with Crippen LogP contribution in [0.4, 0.5) is 0 Å². The van der Waals surface area contributed by atoms with Crippen molar-refractivity contribution in [2.45, 2.75) is 94.4 Å². The van der Waals surface area contributed by atoms with Crippen LogP contribution in [0.5, 0.6) is 0 Å². The number of nitrogens with one attached hydrogen (secondary N) is 2. The van der Waals surface area contributed by atoms with E-state index in [9.17, 15) is 9.59 Å². The lowest BCUT2D eigenvalue weighted by Gasteiger charge is -2.55. The third-order valence-corrected chi connectivity index (χ3v) is 7.65. The number of amides is 2. The lowest BCUT2D eigenvalue weighted by Crippen LogP contribution is -2.77. The summed E-state index contributed by atoms with van der Waals surface area (Å²) in [7, 11) is 3.27. The van der Waals surface area contributed by atoms with Crippen molar-refractivity contribution >= 4 is 11.8 Å². The first-order valence-corrected chi connectivity index (χ1v) is 10.8. The van der Waals surface area contributed by atoms with Gasteiger partial charge in [-0.15, -0.1) is 0 Å². The van der Waals surface area contributed by atoms with Crippen LogP contribution in [0.1, 0.15) is 59.8 Å². The van der Waals surface area contributed by atoms with Crippen LogP contribution in [0.25, 0.3) is 0 Å². The first-order valence-electron chi connectivity index (χ1n) is 10.8. The van der Waals surface area contributed by atoms with E-state index < -0.39 is 11.2 Å². The highest BCUT2D eigenvalue weighted by atomic mass is 16.5. The van der Waals surface area contributed by atoms with Crippen molar-refractivity contribution in [2.24, 2.45) is 0 Å². The molecule has 0 aromatic rings. The van der Waals surface area contributed by atoms with E-state index >= 15 is 0 Å². The third kappa shape index (κ3) is 2.65. The van der Waals surface area contributed by atoms with E-state index in [2.05, 4.69) is 38.3 Å². The zero-order chi connectivity index (χ0) is 21.2. The minimum Gasteiger partial charge on any atom is -0.365 e. The Labute approximate surface area is 173 Å². The van der Waals surface area contributed by atoms with Crippen LogP contribution >= 0.6 is 0 Å². The van der Waals surface area contributed by atoms with Gasteiger partial charge in [-0.1, -0.05) is 6.42 Å². The van der Waals surface area contributed by atoms with Gasteiger partial charge in [0.1, 0.15) is 12.3 Å². The van der Waals surface area contributed by atoms with Crippen molar-refractivity contribution in [1.29, 1.82) is 0 Å². The van der Waals surface area contributed by atoms with Gasteiger partial charge in [0.2, 0.25) is 0 Å². The van der Waals surface area contributed by atoms with Crippen LogP contribution in [0.2, 0.25) is 0 Å². The van der Waals surface area contributed by atoms with Crippen LogP contribution in [0, 0.1) is 0 Å². The zero-order valence-corrected chi connectivity index (χ0v) is 18.6. The molecule has 4 fully saturated rings. The number of rotatable bonds is 8. The molecule has 8 heteroatoms. The van der Waals surface area contributed by atoms with Gasteiger partial charge in [0.25, 0.3) is 11.8 Å². The molecule has 0 aromatic heterocycles. The number of carbonyl (C=O) groups excluding carboxylic acids is 2. The van der Waals surface area contributed by atoms with Crippen LogP contribution in [0.15, 0.2) is 0 Å². The van der Waals surface area contributed by atoms with E-state index in [0.29, 0.717) is 12.8 Å². The molecule has 0 aromatic carbocycles. The second kappa shape index (κ2) is 6.64. The lowest BCUT2D eigenvalue weighted by molar-refractivity contribution is -0.206. The number of methoxy groups -OCH3 is 2. The number of nitrogens with zero attached hydrogens (tertiary/aromatic N) is 2. The van der Waals surface area contributed by atoms with Crippen LogP contribution in [-0.4, -0.2) is 83.5 Å². The van der Waals surface area contributed by atoms with Gasteiger partial charge in [0.05, 0.1) is 11.1 Å². The Hall–Kier alpha value is -1.22. The Morgan fingerprint density at radius 2 is 1.17 bits per heavy atom. The molecule has 164 valence electrons. The predicted molar refractivity (Wildman–Crippen MR) is 108 cm³/mol. The molecule has 4 aliphatic rings. The first-order chi connectivity index (χ1) is 13.6. The number of hydrogen-bond acceptors (Lipinski definition) is 6. The fourth-order valence-corrected chi connectivity index (χ4v) is 5.83. The number of β-lactam (4-membered cyclic amide) rings is 2. The molecular weight excluding hydrogens is 372 g/mol. The van der Waals surface area contributed by atoms with E-state index in [1.165, 1.54) is 0 Å². The molecule has 0 bridgehead atoms. The number of unbranched alkanes of at least 4 members (excludes halogenated alkanes) is 2. The molecule has 4 rings (SSSR count). The number of hydrogen-bond donors (Lipinski definition) is 2. The summed E-state index contributed by atoms with van der Waals surface area (Å²) in [4.78, 5) is 29.5. The largest absolute Gasteiger partial charge is 0.365 e. The maximum absolute atomic E-state index is 12.8. The Morgan fingerprint density at radius 3 is 1.52 bits per heavy atom. The van der Waals surface area contributed by atoms with E-state index in [-0.39, 0.29) is 35.2 Å². The van der Waals surface area contributed by atoms with Gasteiger partial charge in [0.15, 0.2) is 11.2 Å². The van der Waals surface area contributed by atoms with Gasteiger partial charge < -0.3 is 19.3 Å². The predicted octanol–water partition coefficient (Wildman–Crippen LogP) is 0.808. The van der Waals surface area contributed by atoms with Crippen LogP contribution < -0.4 is 10.6 Å². The molecule has 0 aliphatic carbocycles. The Morgan fingerprint density at radius 1 is 0.793 bits per heavy atom. The van der Waals surface area contributed by atoms with Crippen molar-refractivity contribution in [2.75, 3.05) is 27.3 Å². The SMILES string of the molecule is CO[C@]1(CCCCC[C@@]2(OC)C(=O)N3C2NCC3(C)C)C(=O)N2C1NCC2(C)C. The molecular formula is C21H36N4O4. The number of fused-ring (bicyclic) bond motifs is 2. The van der Waals surface area contributed by atoms with E-state index in [1.807, 2.05) is 9.80 Å². The van der Waals surface area contributed by atoms with Gasteiger partial charge in [-0.05, 0) is 53.4 Å². The highest BCUT2D eigenvalue weighted by molar-refractivity contribution is 5.94. The summed E-state index contributed by atoms with van der Waals surface area (Å²) in [5, 5.41) is 6.90. The lowest BCUT2D eigenvalue weighted by atomic mass is 9.79. The molecule has 0 saturated carbocycles. The molecule has 2 amide bonds. The Balaban J connectivity index is 1.29. The van der Waals surface area contributed by atoms with Crippen molar-refractivity contribution in [1.82, 2.24) is 20.4 Å². The van der Waals surface area contributed by atoms with Crippen LogP contribution in [-0.2, 0) is 19.1 Å². The third-order valence-electron chi connectivity index (χ3n) is 7.65. The summed E-state index contributed by atoms with van der Waals surface area (Å²) in [6.07, 6.45) is 4.02. The standard InChI is InChI=1S/C21H36N4O4/c1-18(2)12-22-14-20(28-5,16(26)24(14)18)10-8-7-9-11-21(29-6)15-23-13-19(3,4)25(15)17(21)27/h14-15,22-23H,7-13H2,1-6H3/t14?,15?,20-,21-/m0/s1. The molecule has 8 nitrogen and oxygen atoms in total. The second-order valence-electron chi connectivity index (χ2n) is 10.3. The molecule has 4 saturated heterocycles. The highest BCUT2D eigenvalue weighted by Crippen LogP contribution is 2.46. The molecule has 2 N–H and O–H groups in total. The van der Waals surface area contributed by atoms with Crippen molar-refractivity contribution in [3.8, 4) is 0 Å². The fourth-order valence-electron chi connectivity index (χ4n) is 5.83. The average Bonchev–Trinajstić information content (AvgIpc) is 3.12. The smallest absolute Gasteiger partial charge is 0.260 e. The van der Waals surface area contributed by atoms with Gasteiger partial charge in [-0.2, -0.15) is 0 Å². The normalized spacial score (nSPS) is 39.2. The number of ether oxygens (including phenoxy) is 2. The maximum Gasteiger partial charge on any atom is 0.260 e. The van der Waals surface area contributed by atoms with Gasteiger partial charge in [-0.25, -0.2) is 0 Å².